The predicted molar refractivity (Wildman–Crippen MR) is 110 cm³/mol. The molecule has 0 radical (unpaired) electrons. The molecule has 29 heavy (non-hydrogen) atoms. The summed E-state index contributed by atoms with van der Waals surface area (Å²) < 4.78 is 34.8. The summed E-state index contributed by atoms with van der Waals surface area (Å²) in [5.74, 6) is 1.49. The van der Waals surface area contributed by atoms with Crippen LogP contribution in [0.25, 0.3) is 5.82 Å². The minimum atomic E-state index is -3.58. The Morgan fingerprint density at radius 3 is 2.41 bits per heavy atom. The van der Waals surface area contributed by atoms with E-state index in [-0.39, 0.29) is 4.21 Å². The third-order valence-electron chi connectivity index (χ3n) is 4.21. The number of benzene rings is 1. The first kappa shape index (κ1) is 19.1. The van der Waals surface area contributed by atoms with E-state index in [1.165, 1.54) is 0 Å². The number of sulfonamides is 1. The van der Waals surface area contributed by atoms with Crippen LogP contribution in [0.5, 0.6) is 11.6 Å². The smallest absolute Gasteiger partial charge is 0.271 e. The molecule has 0 saturated carbocycles. The van der Waals surface area contributed by atoms with E-state index in [0.29, 0.717) is 23.1 Å². The fourth-order valence-corrected chi connectivity index (χ4v) is 4.61. The van der Waals surface area contributed by atoms with Gasteiger partial charge in [-0.3, -0.25) is 9.29 Å². The van der Waals surface area contributed by atoms with Crippen molar-refractivity contribution in [3.8, 4) is 17.4 Å². The van der Waals surface area contributed by atoms with Gasteiger partial charge in [-0.15, -0.1) is 21.5 Å². The Kier molecular flexibility index (Phi) is 5.03. The lowest BCUT2D eigenvalue weighted by Gasteiger charge is -2.09. The van der Waals surface area contributed by atoms with Crippen LogP contribution in [0.3, 0.4) is 0 Å². The molecule has 0 amide bonds. The van der Waals surface area contributed by atoms with Gasteiger partial charge in [0.1, 0.15) is 16.3 Å². The fraction of sp³-hybridized carbons (Fsp3) is 0.105. The van der Waals surface area contributed by atoms with Gasteiger partial charge in [0.25, 0.3) is 10.0 Å². The second kappa shape index (κ2) is 7.64. The van der Waals surface area contributed by atoms with Crippen LogP contribution in [0, 0.1) is 13.8 Å². The van der Waals surface area contributed by atoms with Crippen LogP contribution in [0.2, 0.25) is 0 Å². The summed E-state index contributed by atoms with van der Waals surface area (Å²) >= 11 is 1.16. The van der Waals surface area contributed by atoms with E-state index < -0.39 is 10.0 Å². The van der Waals surface area contributed by atoms with Crippen molar-refractivity contribution in [2.45, 2.75) is 18.1 Å². The standard InChI is InChI=1S/C19H17N5O3S2/c1-13-14(2)24(12-20-13)17-9-10-18(22-21-17)27-16-7-5-15(6-8-16)23-29(25,26)19-4-3-11-28-19/h3-12,23H,1-2H3. The molecule has 0 spiro atoms. The van der Waals surface area contributed by atoms with Crippen LogP contribution in [0.4, 0.5) is 5.69 Å². The van der Waals surface area contributed by atoms with Gasteiger partial charge in [-0.1, -0.05) is 6.07 Å². The second-order valence-corrected chi connectivity index (χ2v) is 9.04. The Morgan fingerprint density at radius 1 is 1.03 bits per heavy atom. The number of nitrogens with zero attached hydrogens (tertiary/aromatic N) is 4. The van der Waals surface area contributed by atoms with Crippen molar-refractivity contribution in [1.82, 2.24) is 19.7 Å². The third-order valence-corrected chi connectivity index (χ3v) is 6.99. The van der Waals surface area contributed by atoms with Gasteiger partial charge >= 0.3 is 0 Å². The van der Waals surface area contributed by atoms with Gasteiger partial charge in [0.2, 0.25) is 5.88 Å². The van der Waals surface area contributed by atoms with Gasteiger partial charge in [-0.05, 0) is 55.6 Å². The molecule has 0 bridgehead atoms. The zero-order chi connectivity index (χ0) is 20.4. The summed E-state index contributed by atoms with van der Waals surface area (Å²) in [5.41, 5.74) is 2.37. The van der Waals surface area contributed by atoms with Gasteiger partial charge in [-0.2, -0.15) is 0 Å². The van der Waals surface area contributed by atoms with E-state index in [9.17, 15) is 8.42 Å². The third kappa shape index (κ3) is 4.13. The highest BCUT2D eigenvalue weighted by atomic mass is 32.2. The van der Waals surface area contributed by atoms with Gasteiger partial charge in [0, 0.05) is 17.4 Å². The molecule has 1 N–H and O–H groups in total. The van der Waals surface area contributed by atoms with Crippen molar-refractivity contribution < 1.29 is 13.2 Å². The lowest BCUT2D eigenvalue weighted by Crippen LogP contribution is -2.11. The summed E-state index contributed by atoms with van der Waals surface area (Å²) in [6, 6.07) is 13.3. The number of imidazole rings is 1. The van der Waals surface area contributed by atoms with Gasteiger partial charge in [0.05, 0.1) is 5.69 Å². The van der Waals surface area contributed by atoms with Gasteiger partial charge in [0.15, 0.2) is 5.82 Å². The van der Waals surface area contributed by atoms with Crippen molar-refractivity contribution in [2.75, 3.05) is 4.72 Å². The molecule has 0 aliphatic carbocycles. The maximum Gasteiger partial charge on any atom is 0.271 e. The lowest BCUT2D eigenvalue weighted by molar-refractivity contribution is 0.454. The summed E-state index contributed by atoms with van der Waals surface area (Å²) in [5, 5.41) is 9.97. The number of aryl methyl sites for hydroxylation is 1. The first-order valence-electron chi connectivity index (χ1n) is 8.61. The molecule has 0 fully saturated rings. The van der Waals surface area contributed by atoms with Crippen LogP contribution < -0.4 is 9.46 Å². The van der Waals surface area contributed by atoms with Gasteiger partial charge in [-0.25, -0.2) is 13.4 Å². The van der Waals surface area contributed by atoms with E-state index in [2.05, 4.69) is 19.9 Å². The highest BCUT2D eigenvalue weighted by molar-refractivity contribution is 7.94. The van der Waals surface area contributed by atoms with Crippen molar-refractivity contribution in [2.24, 2.45) is 0 Å². The molecule has 0 aliphatic rings. The van der Waals surface area contributed by atoms with Crippen LogP contribution in [-0.4, -0.2) is 28.2 Å². The Balaban J connectivity index is 1.44. The molecule has 0 aliphatic heterocycles. The maximum absolute atomic E-state index is 12.3. The maximum atomic E-state index is 12.3. The molecule has 3 heterocycles. The van der Waals surface area contributed by atoms with Crippen LogP contribution in [0.15, 0.2) is 64.4 Å². The van der Waals surface area contributed by atoms with Crippen LogP contribution in [0.1, 0.15) is 11.4 Å². The number of thiophene rings is 1. The molecule has 0 atom stereocenters. The van der Waals surface area contributed by atoms with E-state index in [4.69, 9.17) is 4.74 Å². The topological polar surface area (TPSA) is 99.0 Å². The molecular weight excluding hydrogens is 410 g/mol. The molecule has 4 aromatic rings. The molecule has 10 heteroatoms. The zero-order valence-corrected chi connectivity index (χ0v) is 17.2. The Hall–Kier alpha value is -3.24. The highest BCUT2D eigenvalue weighted by Gasteiger charge is 2.15. The fourth-order valence-electron chi connectivity index (χ4n) is 2.56. The zero-order valence-electron chi connectivity index (χ0n) is 15.6. The van der Waals surface area contributed by atoms with E-state index in [0.717, 1.165) is 22.7 Å². The number of ether oxygens (including phenoxy) is 1. The van der Waals surface area contributed by atoms with Crippen molar-refractivity contribution in [3.05, 3.63) is 71.6 Å². The lowest BCUT2D eigenvalue weighted by atomic mass is 10.3. The Bertz CT molecular complexity index is 1220. The van der Waals surface area contributed by atoms with Gasteiger partial charge < -0.3 is 4.74 Å². The van der Waals surface area contributed by atoms with Crippen molar-refractivity contribution in [3.63, 3.8) is 0 Å². The molecule has 1 aromatic carbocycles. The molecule has 148 valence electrons. The molecule has 4 rings (SSSR count). The Labute approximate surface area is 171 Å². The molecule has 3 aromatic heterocycles. The first-order chi connectivity index (χ1) is 13.9. The van der Waals surface area contributed by atoms with Crippen LogP contribution in [-0.2, 0) is 10.0 Å². The number of rotatable bonds is 6. The minimum absolute atomic E-state index is 0.261. The van der Waals surface area contributed by atoms with E-state index in [1.807, 2.05) is 18.4 Å². The number of hydrogen-bond donors (Lipinski definition) is 1. The molecule has 0 saturated heterocycles. The molecule has 8 nitrogen and oxygen atoms in total. The van der Waals surface area contributed by atoms with Crippen molar-refractivity contribution >= 4 is 27.0 Å². The average molecular weight is 428 g/mol. The molecular formula is C19H17N5O3S2. The summed E-state index contributed by atoms with van der Waals surface area (Å²) in [6.07, 6.45) is 1.70. The quantitative estimate of drug-likeness (QED) is 0.500. The monoisotopic (exact) mass is 427 g/mol. The van der Waals surface area contributed by atoms with E-state index >= 15 is 0 Å². The number of hydrogen-bond acceptors (Lipinski definition) is 7. The number of aromatic nitrogens is 4. The highest BCUT2D eigenvalue weighted by Crippen LogP contribution is 2.24. The van der Waals surface area contributed by atoms with E-state index in [1.54, 1.807) is 60.2 Å². The largest absolute Gasteiger partial charge is 0.438 e. The van der Waals surface area contributed by atoms with Crippen LogP contribution >= 0.6 is 11.3 Å². The van der Waals surface area contributed by atoms with Crippen molar-refractivity contribution in [1.29, 1.82) is 0 Å². The summed E-state index contributed by atoms with van der Waals surface area (Å²) in [6.45, 7) is 3.89. The SMILES string of the molecule is Cc1ncn(-c2ccc(Oc3ccc(NS(=O)(=O)c4cccs4)cc3)nn2)c1C. The Morgan fingerprint density at radius 2 is 1.83 bits per heavy atom. The number of nitrogens with one attached hydrogen (secondary N) is 1. The predicted octanol–water partition coefficient (Wildman–Crippen LogP) is 3.93. The minimum Gasteiger partial charge on any atom is -0.438 e. The average Bonchev–Trinajstić information content (AvgIpc) is 3.36. The first-order valence-corrected chi connectivity index (χ1v) is 11.0. The summed E-state index contributed by atoms with van der Waals surface area (Å²) in [4.78, 5) is 4.25. The second-order valence-electron chi connectivity index (χ2n) is 6.18. The normalized spacial score (nSPS) is 11.4. The number of anilines is 1. The summed E-state index contributed by atoms with van der Waals surface area (Å²) in [7, 11) is -3.58. The molecule has 0 unspecified atom stereocenters.